The first-order chi connectivity index (χ1) is 14.5. The van der Waals surface area contributed by atoms with Crippen LogP contribution in [-0.4, -0.2) is 20.9 Å². The molecule has 2 heterocycles. The number of carbonyl (C=O) groups is 1. The van der Waals surface area contributed by atoms with E-state index in [4.69, 9.17) is 4.42 Å². The van der Waals surface area contributed by atoms with Crippen LogP contribution < -0.4 is 5.32 Å². The molecule has 0 bridgehead atoms. The smallest absolute Gasteiger partial charge is 0.221 e. The molecule has 7 heteroatoms. The van der Waals surface area contributed by atoms with Crippen molar-refractivity contribution in [3.8, 4) is 11.3 Å². The van der Waals surface area contributed by atoms with Gasteiger partial charge in [-0.05, 0) is 42.3 Å². The number of carbonyl (C=O) groups excluding carboxylic acids is 1. The molecule has 1 amide bonds. The van der Waals surface area contributed by atoms with Crippen LogP contribution in [-0.2, 0) is 11.2 Å². The average molecular weight is 406 g/mol. The third kappa shape index (κ3) is 4.40. The van der Waals surface area contributed by atoms with E-state index < -0.39 is 0 Å². The van der Waals surface area contributed by atoms with Crippen LogP contribution in [0.5, 0.6) is 0 Å². The van der Waals surface area contributed by atoms with E-state index >= 15 is 0 Å². The lowest BCUT2D eigenvalue weighted by atomic mass is 10.0. The quantitative estimate of drug-likeness (QED) is 0.462. The Bertz CT molecular complexity index is 1110. The third-order valence-corrected chi connectivity index (χ3v) is 4.93. The van der Waals surface area contributed by atoms with Crippen molar-refractivity contribution in [1.29, 1.82) is 0 Å². The second-order valence-electron chi connectivity index (χ2n) is 7.55. The van der Waals surface area contributed by atoms with Crippen molar-refractivity contribution in [2.24, 2.45) is 5.92 Å². The molecule has 0 fully saturated rings. The summed E-state index contributed by atoms with van der Waals surface area (Å²) in [4.78, 5) is 24.7. The van der Waals surface area contributed by atoms with Crippen LogP contribution in [0, 0.1) is 11.7 Å². The molecular weight excluding hydrogens is 383 g/mol. The Morgan fingerprint density at radius 1 is 1.17 bits per heavy atom. The molecule has 0 unspecified atom stereocenters. The molecule has 0 spiro atoms. The largest absolute Gasteiger partial charge is 0.441 e. The molecule has 0 aliphatic carbocycles. The minimum atomic E-state index is -0.306. The number of hydrogen-bond donors (Lipinski definition) is 2. The van der Waals surface area contributed by atoms with Gasteiger partial charge in [0.15, 0.2) is 11.7 Å². The van der Waals surface area contributed by atoms with E-state index in [0.29, 0.717) is 18.1 Å². The summed E-state index contributed by atoms with van der Waals surface area (Å²) < 4.78 is 18.8. The topological polar surface area (TPSA) is 83.8 Å². The number of rotatable bonds is 7. The summed E-state index contributed by atoms with van der Waals surface area (Å²) >= 11 is 0. The monoisotopic (exact) mass is 406 g/mol. The van der Waals surface area contributed by atoms with Crippen LogP contribution in [0.25, 0.3) is 22.4 Å². The second-order valence-corrected chi connectivity index (χ2v) is 7.55. The summed E-state index contributed by atoms with van der Waals surface area (Å²) in [6.07, 6.45) is 2.20. The molecule has 2 aromatic heterocycles. The number of nitrogens with zero attached hydrogens (tertiary/aromatic N) is 2. The molecule has 2 aromatic carbocycles. The number of para-hydroxylation sites is 2. The minimum absolute atomic E-state index is 0.101. The molecule has 1 atom stereocenters. The van der Waals surface area contributed by atoms with Gasteiger partial charge in [0, 0.05) is 18.4 Å². The Labute approximate surface area is 173 Å². The van der Waals surface area contributed by atoms with Crippen LogP contribution in [0.4, 0.5) is 4.39 Å². The van der Waals surface area contributed by atoms with E-state index in [1.165, 1.54) is 12.1 Å². The van der Waals surface area contributed by atoms with Crippen LogP contribution in [0.2, 0.25) is 0 Å². The van der Waals surface area contributed by atoms with Gasteiger partial charge in [-0.3, -0.25) is 4.79 Å². The zero-order chi connectivity index (χ0) is 21.1. The number of amides is 1. The maximum absolute atomic E-state index is 13.1. The Morgan fingerprint density at radius 3 is 2.67 bits per heavy atom. The van der Waals surface area contributed by atoms with Crippen molar-refractivity contribution >= 4 is 16.9 Å². The molecular formula is C23H23FN4O2. The normalized spacial score (nSPS) is 12.4. The second kappa shape index (κ2) is 8.49. The fourth-order valence-corrected chi connectivity index (χ4v) is 3.31. The fraction of sp³-hybridized carbons (Fsp3) is 0.261. The average Bonchev–Trinajstić information content (AvgIpc) is 3.37. The van der Waals surface area contributed by atoms with E-state index in [9.17, 15) is 9.18 Å². The number of hydrogen-bond acceptors (Lipinski definition) is 4. The first kappa shape index (κ1) is 19.8. The Kier molecular flexibility index (Phi) is 5.61. The number of aryl methyl sites for hydroxylation is 1. The predicted octanol–water partition coefficient (Wildman–Crippen LogP) is 4.80. The molecule has 154 valence electrons. The number of H-pyrrole nitrogens is 1. The number of aromatic nitrogens is 3. The predicted molar refractivity (Wildman–Crippen MR) is 112 cm³/mol. The van der Waals surface area contributed by atoms with Gasteiger partial charge in [0.2, 0.25) is 5.91 Å². The van der Waals surface area contributed by atoms with Crippen molar-refractivity contribution < 1.29 is 13.6 Å². The molecule has 0 aliphatic heterocycles. The molecule has 4 aromatic rings. The van der Waals surface area contributed by atoms with Gasteiger partial charge in [0.1, 0.15) is 11.6 Å². The zero-order valence-corrected chi connectivity index (χ0v) is 16.9. The van der Waals surface area contributed by atoms with Crippen molar-refractivity contribution in [3.63, 3.8) is 0 Å². The van der Waals surface area contributed by atoms with Crippen molar-refractivity contribution in [2.45, 2.75) is 32.7 Å². The highest BCUT2D eigenvalue weighted by molar-refractivity contribution is 5.77. The number of aromatic amines is 1. The summed E-state index contributed by atoms with van der Waals surface area (Å²) in [7, 11) is 0. The van der Waals surface area contributed by atoms with Gasteiger partial charge in [-0.2, -0.15) is 0 Å². The van der Waals surface area contributed by atoms with Gasteiger partial charge in [0.05, 0.1) is 23.3 Å². The summed E-state index contributed by atoms with van der Waals surface area (Å²) in [6, 6.07) is 13.6. The van der Waals surface area contributed by atoms with E-state index in [1.807, 2.05) is 38.1 Å². The number of fused-ring (bicyclic) bond motifs is 1. The Balaban J connectivity index is 1.39. The number of halogens is 1. The summed E-state index contributed by atoms with van der Waals surface area (Å²) in [5.74, 6) is 1.52. The lowest BCUT2D eigenvalue weighted by Crippen LogP contribution is -2.32. The molecule has 0 saturated heterocycles. The molecule has 2 N–H and O–H groups in total. The van der Waals surface area contributed by atoms with E-state index in [1.54, 1.807) is 18.3 Å². The highest BCUT2D eigenvalue weighted by atomic mass is 19.1. The van der Waals surface area contributed by atoms with Gasteiger partial charge in [-0.1, -0.05) is 26.0 Å². The van der Waals surface area contributed by atoms with Gasteiger partial charge in [0.25, 0.3) is 0 Å². The molecule has 0 saturated carbocycles. The number of imidazole rings is 1. The SMILES string of the molecule is CC(C)[C@H](NC(=O)CCc1ncc(-c2ccc(F)cc2)o1)c1nc2ccccc2[nH]1. The van der Waals surface area contributed by atoms with Crippen LogP contribution in [0.3, 0.4) is 0 Å². The van der Waals surface area contributed by atoms with Gasteiger partial charge in [-0.15, -0.1) is 0 Å². The maximum atomic E-state index is 13.1. The maximum Gasteiger partial charge on any atom is 0.221 e. The first-order valence-electron chi connectivity index (χ1n) is 9.94. The number of nitrogens with one attached hydrogen (secondary N) is 2. The van der Waals surface area contributed by atoms with Crippen molar-refractivity contribution in [3.05, 3.63) is 72.3 Å². The fourth-order valence-electron chi connectivity index (χ4n) is 3.31. The molecule has 4 rings (SSSR count). The number of benzene rings is 2. The van der Waals surface area contributed by atoms with E-state index in [2.05, 4.69) is 20.3 Å². The van der Waals surface area contributed by atoms with Crippen LogP contribution in [0.15, 0.2) is 59.1 Å². The van der Waals surface area contributed by atoms with E-state index in [0.717, 1.165) is 22.4 Å². The Hall–Kier alpha value is -3.48. The highest BCUT2D eigenvalue weighted by Crippen LogP contribution is 2.23. The van der Waals surface area contributed by atoms with Gasteiger partial charge in [-0.25, -0.2) is 14.4 Å². The van der Waals surface area contributed by atoms with Crippen molar-refractivity contribution in [1.82, 2.24) is 20.3 Å². The van der Waals surface area contributed by atoms with Gasteiger partial charge < -0.3 is 14.7 Å². The van der Waals surface area contributed by atoms with Crippen LogP contribution in [0.1, 0.15) is 38.0 Å². The zero-order valence-electron chi connectivity index (χ0n) is 16.9. The summed E-state index contributed by atoms with van der Waals surface area (Å²) in [5, 5.41) is 3.06. The lowest BCUT2D eigenvalue weighted by molar-refractivity contribution is -0.122. The third-order valence-electron chi connectivity index (χ3n) is 4.93. The summed E-state index contributed by atoms with van der Waals surface area (Å²) in [6.45, 7) is 4.09. The van der Waals surface area contributed by atoms with Crippen molar-refractivity contribution in [2.75, 3.05) is 0 Å². The number of oxazole rings is 1. The molecule has 0 radical (unpaired) electrons. The van der Waals surface area contributed by atoms with E-state index in [-0.39, 0.29) is 30.1 Å². The highest BCUT2D eigenvalue weighted by Gasteiger charge is 2.22. The molecule has 6 nitrogen and oxygen atoms in total. The minimum Gasteiger partial charge on any atom is -0.441 e. The first-order valence-corrected chi connectivity index (χ1v) is 9.94. The lowest BCUT2D eigenvalue weighted by Gasteiger charge is -2.20. The molecule has 30 heavy (non-hydrogen) atoms. The van der Waals surface area contributed by atoms with Crippen LogP contribution >= 0.6 is 0 Å². The standard InChI is InChI=1S/C23H23FN4O2/c1-14(2)22(23-26-17-5-3-4-6-18(17)27-23)28-20(29)11-12-21-25-13-19(30-21)15-7-9-16(24)10-8-15/h3-10,13-14,22H,11-12H2,1-2H3,(H,26,27)(H,28,29)/t22-/m0/s1. The van der Waals surface area contributed by atoms with Gasteiger partial charge >= 0.3 is 0 Å². The molecule has 0 aliphatic rings. The Morgan fingerprint density at radius 2 is 1.93 bits per heavy atom. The summed E-state index contributed by atoms with van der Waals surface area (Å²) in [5.41, 5.74) is 2.56.